The maximum absolute atomic E-state index is 9.24. The summed E-state index contributed by atoms with van der Waals surface area (Å²) < 4.78 is 0.991. The molecule has 0 aliphatic rings. The summed E-state index contributed by atoms with van der Waals surface area (Å²) in [6, 6.07) is 5.20. The third-order valence-electron chi connectivity index (χ3n) is 2.06. The minimum absolute atomic E-state index is 0.252. The average molecular weight is 238 g/mol. The first-order chi connectivity index (χ1) is 6.18. The van der Waals surface area contributed by atoms with Crippen molar-refractivity contribution in [2.24, 2.45) is 0 Å². The fraction of sp³-hybridized carbons (Fsp3) is 0.100. The van der Waals surface area contributed by atoms with E-state index in [1.54, 1.807) is 18.3 Å². The van der Waals surface area contributed by atoms with E-state index in [0.717, 1.165) is 20.9 Å². The Morgan fingerprint density at radius 1 is 1.38 bits per heavy atom. The molecule has 0 fully saturated rings. The lowest BCUT2D eigenvalue weighted by Crippen LogP contribution is -1.83. The second-order valence-corrected chi connectivity index (χ2v) is 3.79. The molecule has 3 heteroatoms. The van der Waals surface area contributed by atoms with Crippen molar-refractivity contribution in [1.29, 1.82) is 0 Å². The van der Waals surface area contributed by atoms with Gasteiger partial charge in [0.2, 0.25) is 0 Å². The lowest BCUT2D eigenvalue weighted by atomic mass is 10.1. The van der Waals surface area contributed by atoms with Gasteiger partial charge in [-0.1, -0.05) is 0 Å². The summed E-state index contributed by atoms with van der Waals surface area (Å²) in [5.41, 5.74) is 1.96. The van der Waals surface area contributed by atoms with Gasteiger partial charge >= 0.3 is 0 Å². The van der Waals surface area contributed by atoms with Crippen LogP contribution >= 0.6 is 15.9 Å². The number of benzene rings is 1. The van der Waals surface area contributed by atoms with Crippen molar-refractivity contribution < 1.29 is 5.11 Å². The molecular formula is C10H8BrNO. The Balaban J connectivity index is 2.87. The van der Waals surface area contributed by atoms with Crippen LogP contribution in [0.4, 0.5) is 0 Å². The highest BCUT2D eigenvalue weighted by molar-refractivity contribution is 9.10. The molecule has 0 saturated carbocycles. The molecule has 1 N–H and O–H groups in total. The Bertz CT molecular complexity index is 468. The smallest absolute Gasteiger partial charge is 0.117 e. The van der Waals surface area contributed by atoms with E-state index >= 15 is 0 Å². The zero-order valence-electron chi connectivity index (χ0n) is 7.08. The maximum Gasteiger partial charge on any atom is 0.117 e. The van der Waals surface area contributed by atoms with Crippen LogP contribution in [0.1, 0.15) is 5.56 Å². The molecule has 1 heterocycles. The normalized spacial score (nSPS) is 10.6. The number of aryl methyl sites for hydroxylation is 1. The third kappa shape index (κ3) is 1.40. The standard InChI is InChI=1S/C10H8BrNO/c1-6-8-3-2-7(13)4-10(8)12-5-9(6)11/h2-5,13H,1H3. The van der Waals surface area contributed by atoms with Crippen LogP contribution in [0.2, 0.25) is 0 Å². The molecule has 0 saturated heterocycles. The Kier molecular flexibility index (Phi) is 1.96. The maximum atomic E-state index is 9.24. The van der Waals surface area contributed by atoms with Crippen molar-refractivity contribution in [2.45, 2.75) is 6.92 Å². The van der Waals surface area contributed by atoms with Gasteiger partial charge in [-0.3, -0.25) is 4.98 Å². The number of phenolic OH excluding ortho intramolecular Hbond substituents is 1. The predicted octanol–water partition coefficient (Wildman–Crippen LogP) is 3.01. The highest BCUT2D eigenvalue weighted by Crippen LogP contribution is 2.25. The topological polar surface area (TPSA) is 33.1 Å². The Morgan fingerprint density at radius 3 is 2.92 bits per heavy atom. The molecule has 2 aromatic rings. The van der Waals surface area contributed by atoms with E-state index < -0.39 is 0 Å². The van der Waals surface area contributed by atoms with Crippen molar-refractivity contribution in [2.75, 3.05) is 0 Å². The van der Waals surface area contributed by atoms with Crippen LogP contribution in [0.3, 0.4) is 0 Å². The number of halogens is 1. The van der Waals surface area contributed by atoms with E-state index in [1.807, 2.05) is 13.0 Å². The summed E-state index contributed by atoms with van der Waals surface area (Å²) in [6.07, 6.45) is 1.75. The predicted molar refractivity (Wildman–Crippen MR) is 55.8 cm³/mol. The largest absolute Gasteiger partial charge is 0.508 e. The molecule has 66 valence electrons. The van der Waals surface area contributed by atoms with Crippen molar-refractivity contribution >= 4 is 26.8 Å². The SMILES string of the molecule is Cc1c(Br)cnc2cc(O)ccc12. The van der Waals surface area contributed by atoms with Crippen molar-refractivity contribution in [3.63, 3.8) is 0 Å². The number of hydrogen-bond donors (Lipinski definition) is 1. The summed E-state index contributed by atoms with van der Waals surface area (Å²) in [4.78, 5) is 4.20. The molecule has 0 aliphatic heterocycles. The van der Waals surface area contributed by atoms with Crippen LogP contribution in [0.25, 0.3) is 10.9 Å². The van der Waals surface area contributed by atoms with Crippen LogP contribution in [-0.2, 0) is 0 Å². The zero-order valence-corrected chi connectivity index (χ0v) is 8.67. The number of aromatic hydroxyl groups is 1. The molecule has 1 aromatic heterocycles. The average Bonchev–Trinajstić information content (AvgIpc) is 2.12. The molecular weight excluding hydrogens is 230 g/mol. The van der Waals surface area contributed by atoms with Gasteiger partial charge in [-0.25, -0.2) is 0 Å². The first-order valence-corrected chi connectivity index (χ1v) is 4.71. The number of rotatable bonds is 0. The van der Waals surface area contributed by atoms with E-state index in [9.17, 15) is 5.11 Å². The van der Waals surface area contributed by atoms with E-state index in [4.69, 9.17) is 0 Å². The van der Waals surface area contributed by atoms with E-state index in [-0.39, 0.29) is 5.75 Å². The second kappa shape index (κ2) is 3.00. The molecule has 0 amide bonds. The van der Waals surface area contributed by atoms with Gasteiger partial charge in [-0.05, 0) is 40.5 Å². The number of pyridine rings is 1. The fourth-order valence-electron chi connectivity index (χ4n) is 1.30. The van der Waals surface area contributed by atoms with Crippen LogP contribution in [0, 0.1) is 6.92 Å². The second-order valence-electron chi connectivity index (χ2n) is 2.93. The number of nitrogens with zero attached hydrogens (tertiary/aromatic N) is 1. The fourth-order valence-corrected chi connectivity index (χ4v) is 1.61. The number of aromatic nitrogens is 1. The monoisotopic (exact) mass is 237 g/mol. The van der Waals surface area contributed by atoms with Crippen molar-refractivity contribution in [3.8, 4) is 5.75 Å². The summed E-state index contributed by atoms with van der Waals surface area (Å²) in [5.74, 6) is 0.252. The number of hydrogen-bond acceptors (Lipinski definition) is 2. The van der Waals surface area contributed by atoms with E-state index in [1.165, 1.54) is 0 Å². The molecule has 0 bridgehead atoms. The zero-order chi connectivity index (χ0) is 9.42. The number of fused-ring (bicyclic) bond motifs is 1. The number of phenols is 1. The molecule has 1 aromatic carbocycles. The van der Waals surface area contributed by atoms with Crippen LogP contribution in [0.5, 0.6) is 5.75 Å². The minimum atomic E-state index is 0.252. The van der Waals surface area contributed by atoms with E-state index in [0.29, 0.717) is 0 Å². The Labute approximate surface area is 84.4 Å². The van der Waals surface area contributed by atoms with Gasteiger partial charge in [-0.2, -0.15) is 0 Å². The highest BCUT2D eigenvalue weighted by atomic mass is 79.9. The quantitative estimate of drug-likeness (QED) is 0.765. The van der Waals surface area contributed by atoms with Crippen LogP contribution < -0.4 is 0 Å². The first-order valence-electron chi connectivity index (χ1n) is 3.92. The molecule has 2 nitrogen and oxygen atoms in total. The summed E-state index contributed by atoms with van der Waals surface area (Å²) in [5, 5.41) is 10.3. The summed E-state index contributed by atoms with van der Waals surface area (Å²) >= 11 is 3.41. The molecule has 0 atom stereocenters. The summed E-state index contributed by atoms with van der Waals surface area (Å²) in [6.45, 7) is 2.02. The van der Waals surface area contributed by atoms with Gasteiger partial charge in [0.15, 0.2) is 0 Å². The molecule has 0 unspecified atom stereocenters. The van der Waals surface area contributed by atoms with Crippen molar-refractivity contribution in [3.05, 3.63) is 34.4 Å². The van der Waals surface area contributed by atoms with Crippen LogP contribution in [-0.4, -0.2) is 10.1 Å². The Morgan fingerprint density at radius 2 is 2.15 bits per heavy atom. The molecule has 0 radical (unpaired) electrons. The first kappa shape index (κ1) is 8.51. The molecule has 0 spiro atoms. The molecule has 13 heavy (non-hydrogen) atoms. The van der Waals surface area contributed by atoms with Gasteiger partial charge in [-0.15, -0.1) is 0 Å². The van der Waals surface area contributed by atoms with Crippen LogP contribution in [0.15, 0.2) is 28.9 Å². The van der Waals surface area contributed by atoms with Gasteiger partial charge in [0.1, 0.15) is 5.75 Å². The molecule has 2 rings (SSSR count). The van der Waals surface area contributed by atoms with E-state index in [2.05, 4.69) is 20.9 Å². The van der Waals surface area contributed by atoms with Gasteiger partial charge < -0.3 is 5.11 Å². The Hall–Kier alpha value is -1.09. The summed E-state index contributed by atoms with van der Waals surface area (Å²) in [7, 11) is 0. The van der Waals surface area contributed by atoms with Gasteiger partial charge in [0, 0.05) is 22.1 Å². The third-order valence-corrected chi connectivity index (χ3v) is 2.86. The van der Waals surface area contributed by atoms with Gasteiger partial charge in [0.05, 0.1) is 5.52 Å². The highest BCUT2D eigenvalue weighted by Gasteiger charge is 2.02. The lowest BCUT2D eigenvalue weighted by molar-refractivity contribution is 0.476. The van der Waals surface area contributed by atoms with Crippen molar-refractivity contribution in [1.82, 2.24) is 4.98 Å². The minimum Gasteiger partial charge on any atom is -0.508 e. The lowest BCUT2D eigenvalue weighted by Gasteiger charge is -2.03. The molecule has 0 aliphatic carbocycles. The van der Waals surface area contributed by atoms with Gasteiger partial charge in [0.25, 0.3) is 0 Å².